The third-order valence-electron chi connectivity index (χ3n) is 14.9. The number of imide groups is 1. The number of aliphatic hydroxyl groups is 1. The summed E-state index contributed by atoms with van der Waals surface area (Å²) in [6, 6.07) is 17.3. The summed E-state index contributed by atoms with van der Waals surface area (Å²) in [5, 5.41) is 12.2. The van der Waals surface area contributed by atoms with Crippen molar-refractivity contribution >= 4 is 28.6 Å². The molecular formula is C51H83NO10Si2. The Morgan fingerprint density at radius 2 is 1.45 bits per heavy atom. The number of carbonyl (C=O) groups is 2. The van der Waals surface area contributed by atoms with Crippen molar-refractivity contribution in [2.45, 2.75) is 193 Å². The standard InChI is InChI=1S/C51H83NO10Si2/c1-34-25-42(33-57-31-39-21-23-41(56-11)24-22-39)59-51(29-34)30-35(2)26-44(60-51)46(62-64(14,15)50(8,9)10)36(3)27-43(61-63(12,13)49(5,6)7)45(53)37(4)47(54)52-40(32-58-48(52)55)28-38-19-17-16-18-20-38/h16-24,34-37,40,42-46,53H,25-33H2,1-15H3/t34?,35?,36-,37+,40+,42?,43+,44?,45+,46-,51?/m0/s1. The Hall–Kier alpha value is -2.63. The van der Waals surface area contributed by atoms with Crippen molar-refractivity contribution in [2.75, 3.05) is 20.3 Å². The number of benzene rings is 2. The highest BCUT2D eigenvalue weighted by molar-refractivity contribution is 6.74. The van der Waals surface area contributed by atoms with Gasteiger partial charge in [0.25, 0.3) is 0 Å². The third kappa shape index (κ3) is 13.1. The van der Waals surface area contributed by atoms with Crippen LogP contribution in [0.25, 0.3) is 0 Å². The molecule has 5 rings (SSSR count). The molecule has 3 aliphatic rings. The number of nitrogens with zero attached hydrogens (tertiary/aromatic N) is 1. The smallest absolute Gasteiger partial charge is 0.416 e. The van der Waals surface area contributed by atoms with Gasteiger partial charge in [0, 0.05) is 12.8 Å². The Kier molecular flexibility index (Phi) is 17.3. The molecule has 5 unspecified atom stereocenters. The number of methoxy groups -OCH3 is 1. The number of ether oxygens (including phenoxy) is 5. The minimum atomic E-state index is -2.51. The monoisotopic (exact) mass is 926 g/mol. The molecule has 3 fully saturated rings. The number of amides is 2. The van der Waals surface area contributed by atoms with Gasteiger partial charge in [-0.2, -0.15) is 0 Å². The highest BCUT2D eigenvalue weighted by atomic mass is 28.4. The summed E-state index contributed by atoms with van der Waals surface area (Å²) in [6.07, 6.45) is 0.768. The highest BCUT2D eigenvalue weighted by Crippen LogP contribution is 2.48. The lowest BCUT2D eigenvalue weighted by Gasteiger charge is -2.53. The maximum atomic E-state index is 14.4. The van der Waals surface area contributed by atoms with Crippen LogP contribution in [0.5, 0.6) is 5.75 Å². The van der Waals surface area contributed by atoms with Crippen molar-refractivity contribution in [2.24, 2.45) is 23.7 Å². The Morgan fingerprint density at radius 3 is 2.05 bits per heavy atom. The van der Waals surface area contributed by atoms with E-state index in [2.05, 4.69) is 88.5 Å². The van der Waals surface area contributed by atoms with E-state index in [0.29, 0.717) is 37.9 Å². The van der Waals surface area contributed by atoms with Crippen LogP contribution in [0, 0.1) is 23.7 Å². The van der Waals surface area contributed by atoms with Gasteiger partial charge in [-0.1, -0.05) is 112 Å². The fourth-order valence-corrected chi connectivity index (χ4v) is 12.0. The molecule has 3 heterocycles. The van der Waals surface area contributed by atoms with Gasteiger partial charge in [0.1, 0.15) is 12.4 Å². The van der Waals surface area contributed by atoms with Crippen molar-refractivity contribution < 1.29 is 47.2 Å². The van der Waals surface area contributed by atoms with Gasteiger partial charge >= 0.3 is 6.09 Å². The zero-order valence-corrected chi connectivity index (χ0v) is 43.9. The molecular weight excluding hydrogens is 843 g/mol. The van der Waals surface area contributed by atoms with Gasteiger partial charge in [-0.25, -0.2) is 9.69 Å². The van der Waals surface area contributed by atoms with Gasteiger partial charge < -0.3 is 37.6 Å². The molecule has 2 aromatic carbocycles. The van der Waals surface area contributed by atoms with Crippen LogP contribution in [0.4, 0.5) is 4.79 Å². The van der Waals surface area contributed by atoms with Gasteiger partial charge in [0.05, 0.1) is 62.8 Å². The quantitative estimate of drug-likeness (QED) is 0.145. The fraction of sp³-hybridized carbons (Fsp3) is 0.725. The Labute approximate surface area is 387 Å². The van der Waals surface area contributed by atoms with Crippen LogP contribution < -0.4 is 4.74 Å². The maximum absolute atomic E-state index is 14.4. The second-order valence-electron chi connectivity index (χ2n) is 22.6. The van der Waals surface area contributed by atoms with E-state index >= 15 is 0 Å². The molecule has 0 saturated carbocycles. The van der Waals surface area contributed by atoms with E-state index in [0.717, 1.165) is 42.6 Å². The fourth-order valence-electron chi connectivity index (χ4n) is 9.23. The maximum Gasteiger partial charge on any atom is 0.416 e. The van der Waals surface area contributed by atoms with Gasteiger partial charge in [-0.05, 0) is 103 Å². The molecule has 360 valence electrons. The molecule has 2 amide bonds. The molecule has 1 spiro atoms. The van der Waals surface area contributed by atoms with E-state index in [9.17, 15) is 14.7 Å². The summed E-state index contributed by atoms with van der Waals surface area (Å²) >= 11 is 0. The van der Waals surface area contributed by atoms with Crippen molar-refractivity contribution in [3.63, 3.8) is 0 Å². The SMILES string of the molecule is COc1ccc(COCC2CC(C)CC3(CC(C)CC([C@@H](O[Si](C)(C)C(C)(C)C)[C@@H](C)C[C@@H](O[Si](C)(C)C(C)(C)C)[C@H](O)[C@@H](C)C(=O)N4C(=O)OC[C@H]4Cc4ccccc4)O3)O2)cc1. The number of hydrogen-bond donors (Lipinski definition) is 1. The number of aliphatic hydroxyl groups excluding tert-OH is 1. The summed E-state index contributed by atoms with van der Waals surface area (Å²) in [5.74, 6) is -0.866. The lowest BCUT2D eigenvalue weighted by atomic mass is 9.80. The van der Waals surface area contributed by atoms with Crippen LogP contribution in [0.2, 0.25) is 36.3 Å². The van der Waals surface area contributed by atoms with Crippen LogP contribution in [-0.2, 0) is 45.6 Å². The van der Waals surface area contributed by atoms with Crippen molar-refractivity contribution in [1.82, 2.24) is 4.90 Å². The van der Waals surface area contributed by atoms with Crippen molar-refractivity contribution in [3.8, 4) is 5.75 Å². The third-order valence-corrected chi connectivity index (χ3v) is 23.9. The molecule has 1 N–H and O–H groups in total. The zero-order valence-electron chi connectivity index (χ0n) is 41.9. The van der Waals surface area contributed by atoms with E-state index in [1.165, 1.54) is 4.90 Å². The summed E-state index contributed by atoms with van der Waals surface area (Å²) in [5.41, 5.74) is 2.08. The summed E-state index contributed by atoms with van der Waals surface area (Å²) in [6.45, 7) is 31.7. The molecule has 0 aromatic heterocycles. The predicted molar refractivity (Wildman–Crippen MR) is 257 cm³/mol. The van der Waals surface area contributed by atoms with Gasteiger partial charge in [-0.15, -0.1) is 0 Å². The molecule has 11 nitrogen and oxygen atoms in total. The summed E-state index contributed by atoms with van der Waals surface area (Å²) in [7, 11) is -3.24. The lowest BCUT2D eigenvalue weighted by Crippen LogP contribution is -2.58. The van der Waals surface area contributed by atoms with E-state index < -0.39 is 58.6 Å². The molecule has 2 aromatic rings. The van der Waals surface area contributed by atoms with E-state index in [1.54, 1.807) is 14.0 Å². The lowest BCUT2D eigenvalue weighted by molar-refractivity contribution is -0.343. The average molecular weight is 926 g/mol. The second-order valence-corrected chi connectivity index (χ2v) is 32.2. The molecule has 11 atom stereocenters. The van der Waals surface area contributed by atoms with E-state index in [-0.39, 0.29) is 40.9 Å². The first-order chi connectivity index (χ1) is 29.7. The molecule has 3 saturated heterocycles. The number of rotatable bonds is 18. The largest absolute Gasteiger partial charge is 0.497 e. The molecule has 0 aliphatic carbocycles. The summed E-state index contributed by atoms with van der Waals surface area (Å²) in [4.78, 5) is 28.8. The highest BCUT2D eigenvalue weighted by Gasteiger charge is 2.52. The molecule has 13 heteroatoms. The Morgan fingerprint density at radius 1 is 0.859 bits per heavy atom. The van der Waals surface area contributed by atoms with Gasteiger partial charge in [0.2, 0.25) is 5.91 Å². The van der Waals surface area contributed by atoms with Gasteiger partial charge in [0.15, 0.2) is 22.4 Å². The van der Waals surface area contributed by atoms with Crippen molar-refractivity contribution in [3.05, 3.63) is 65.7 Å². The molecule has 0 radical (unpaired) electrons. The van der Waals surface area contributed by atoms with Crippen LogP contribution in [0.15, 0.2) is 54.6 Å². The minimum absolute atomic E-state index is 0.0801. The van der Waals surface area contributed by atoms with Crippen LogP contribution in [-0.4, -0.2) is 101 Å². The Balaban J connectivity index is 1.41. The van der Waals surface area contributed by atoms with Crippen LogP contribution in [0.3, 0.4) is 0 Å². The first-order valence-electron chi connectivity index (χ1n) is 23.9. The van der Waals surface area contributed by atoms with E-state index in [1.807, 2.05) is 54.6 Å². The van der Waals surface area contributed by atoms with E-state index in [4.69, 9.17) is 32.5 Å². The molecule has 0 bridgehead atoms. The van der Waals surface area contributed by atoms with Crippen LogP contribution in [0.1, 0.15) is 112 Å². The number of carbonyl (C=O) groups excluding carboxylic acids is 2. The Bertz CT molecular complexity index is 1810. The summed E-state index contributed by atoms with van der Waals surface area (Å²) < 4.78 is 46.1. The molecule has 64 heavy (non-hydrogen) atoms. The second kappa shape index (κ2) is 21.1. The average Bonchev–Trinajstić information content (AvgIpc) is 3.56. The van der Waals surface area contributed by atoms with Crippen LogP contribution >= 0.6 is 0 Å². The molecule has 3 aliphatic heterocycles. The van der Waals surface area contributed by atoms with Crippen molar-refractivity contribution in [1.29, 1.82) is 0 Å². The number of hydrogen-bond acceptors (Lipinski definition) is 10. The first-order valence-corrected chi connectivity index (χ1v) is 29.7. The zero-order chi connectivity index (χ0) is 47.4. The normalized spacial score (nSPS) is 27.2. The number of cyclic esters (lactones) is 1. The minimum Gasteiger partial charge on any atom is -0.497 e. The first kappa shape index (κ1) is 52.3. The predicted octanol–water partition coefficient (Wildman–Crippen LogP) is 10.9. The topological polar surface area (TPSA) is 122 Å². The van der Waals surface area contributed by atoms with Gasteiger partial charge in [-0.3, -0.25) is 4.79 Å².